The van der Waals surface area contributed by atoms with Gasteiger partial charge in [-0.3, -0.25) is 14.6 Å². The minimum Gasteiger partial charge on any atom is -0.465 e. The molecule has 1 aliphatic carbocycles. The summed E-state index contributed by atoms with van der Waals surface area (Å²) < 4.78 is 38.8. The van der Waals surface area contributed by atoms with Crippen LogP contribution in [0.25, 0.3) is 0 Å². The Kier molecular flexibility index (Phi) is 6.38. The number of hydrogen-bond donors (Lipinski definition) is 1. The number of hydrogen-bond acceptors (Lipinski definition) is 3. The maximum atomic E-state index is 13.8. The Morgan fingerprint density at radius 2 is 1.69 bits per heavy atom. The van der Waals surface area contributed by atoms with Gasteiger partial charge >= 0.3 is 12.3 Å². The molecule has 176 valence electrons. The van der Waals surface area contributed by atoms with Gasteiger partial charge in [0.15, 0.2) is 0 Å². The van der Waals surface area contributed by atoms with Crippen molar-refractivity contribution < 1.29 is 27.9 Å². The molecule has 2 saturated heterocycles. The van der Waals surface area contributed by atoms with E-state index in [1.807, 2.05) is 0 Å². The molecule has 2 amide bonds. The van der Waals surface area contributed by atoms with Crippen LogP contribution in [0.1, 0.15) is 49.7 Å². The predicted molar refractivity (Wildman–Crippen MR) is 112 cm³/mol. The lowest BCUT2D eigenvalue weighted by atomic mass is 9.86. The largest absolute Gasteiger partial charge is 0.465 e. The molecule has 32 heavy (non-hydrogen) atoms. The zero-order chi connectivity index (χ0) is 22.9. The van der Waals surface area contributed by atoms with Gasteiger partial charge in [0, 0.05) is 45.2 Å². The van der Waals surface area contributed by atoms with Crippen LogP contribution in [0.15, 0.2) is 24.3 Å². The van der Waals surface area contributed by atoms with E-state index < -0.39 is 23.4 Å². The summed E-state index contributed by atoms with van der Waals surface area (Å²) in [6, 6.07) is 5.30. The fourth-order valence-corrected chi connectivity index (χ4v) is 5.34. The van der Waals surface area contributed by atoms with Gasteiger partial charge in [-0.25, -0.2) is 4.79 Å². The second kappa shape index (κ2) is 8.92. The van der Waals surface area contributed by atoms with Gasteiger partial charge in [0.05, 0.1) is 5.56 Å². The smallest absolute Gasteiger partial charge is 0.416 e. The highest BCUT2D eigenvalue weighted by Gasteiger charge is 2.51. The Morgan fingerprint density at radius 3 is 2.28 bits per heavy atom. The Morgan fingerprint density at radius 1 is 0.969 bits per heavy atom. The molecule has 1 aromatic carbocycles. The molecular formula is C23H30F3N3O3. The molecule has 0 radical (unpaired) electrons. The van der Waals surface area contributed by atoms with Gasteiger partial charge < -0.3 is 10.0 Å². The molecular weight excluding hydrogens is 423 g/mol. The third kappa shape index (κ3) is 4.44. The molecule has 0 spiro atoms. The first-order valence-corrected chi connectivity index (χ1v) is 11.4. The molecule has 3 aliphatic rings. The average molecular weight is 454 g/mol. The number of carboxylic acid groups (broad SMARTS) is 1. The topological polar surface area (TPSA) is 64.1 Å². The highest BCUT2D eigenvalue weighted by molar-refractivity contribution is 5.90. The van der Waals surface area contributed by atoms with Gasteiger partial charge in [-0.15, -0.1) is 0 Å². The molecule has 1 N–H and O–H groups in total. The van der Waals surface area contributed by atoms with E-state index in [4.69, 9.17) is 0 Å². The average Bonchev–Trinajstić information content (AvgIpc) is 2.98. The first-order valence-electron chi connectivity index (χ1n) is 11.4. The number of alkyl halides is 3. The molecule has 1 saturated carbocycles. The van der Waals surface area contributed by atoms with Crippen molar-refractivity contribution in [2.45, 2.75) is 62.7 Å². The summed E-state index contributed by atoms with van der Waals surface area (Å²) >= 11 is 0. The van der Waals surface area contributed by atoms with E-state index in [0.29, 0.717) is 37.5 Å². The summed E-state index contributed by atoms with van der Waals surface area (Å²) in [7, 11) is 0. The highest BCUT2D eigenvalue weighted by atomic mass is 19.4. The first kappa shape index (κ1) is 22.9. The zero-order valence-electron chi connectivity index (χ0n) is 18.1. The summed E-state index contributed by atoms with van der Waals surface area (Å²) in [5.74, 6) is -0.215. The normalized spacial score (nSPS) is 25.5. The monoisotopic (exact) mass is 453 g/mol. The fraction of sp³-hybridized carbons (Fsp3) is 0.652. The zero-order valence-corrected chi connectivity index (χ0v) is 18.1. The lowest BCUT2D eigenvalue weighted by molar-refractivity contribution is -0.142. The van der Waals surface area contributed by atoms with Crippen LogP contribution in [0.5, 0.6) is 0 Å². The van der Waals surface area contributed by atoms with E-state index in [1.54, 1.807) is 4.90 Å². The van der Waals surface area contributed by atoms with E-state index in [0.717, 1.165) is 31.6 Å². The Labute approximate surface area is 186 Å². The first-order chi connectivity index (χ1) is 15.2. The van der Waals surface area contributed by atoms with Crippen molar-refractivity contribution >= 4 is 12.0 Å². The highest BCUT2D eigenvalue weighted by Crippen LogP contribution is 2.36. The lowest BCUT2D eigenvalue weighted by Gasteiger charge is -2.40. The number of carbonyl (C=O) groups is 2. The van der Waals surface area contributed by atoms with E-state index in [9.17, 15) is 27.9 Å². The molecule has 4 rings (SSSR count). The van der Waals surface area contributed by atoms with E-state index in [2.05, 4.69) is 4.90 Å². The second-order valence-electron chi connectivity index (χ2n) is 9.21. The summed E-state index contributed by atoms with van der Waals surface area (Å²) in [5, 5.41) is 9.83. The number of rotatable bonds is 4. The number of carbonyl (C=O) groups excluding carboxylic acids is 1. The van der Waals surface area contributed by atoms with E-state index >= 15 is 0 Å². The third-order valence-electron chi connectivity index (χ3n) is 7.30. The van der Waals surface area contributed by atoms with Crippen molar-refractivity contribution in [3.05, 3.63) is 35.4 Å². The molecule has 0 aromatic heterocycles. The van der Waals surface area contributed by atoms with Gasteiger partial charge in [-0.1, -0.05) is 18.6 Å². The molecule has 0 unspecified atom stereocenters. The molecule has 2 aliphatic heterocycles. The van der Waals surface area contributed by atoms with Crippen LogP contribution in [0.2, 0.25) is 0 Å². The molecule has 2 heterocycles. The quantitative estimate of drug-likeness (QED) is 0.752. The van der Waals surface area contributed by atoms with Crippen LogP contribution >= 0.6 is 0 Å². The van der Waals surface area contributed by atoms with Crippen LogP contribution in [0.3, 0.4) is 0 Å². The van der Waals surface area contributed by atoms with E-state index in [1.165, 1.54) is 36.3 Å². The van der Waals surface area contributed by atoms with Crippen molar-refractivity contribution in [3.8, 4) is 0 Å². The molecule has 1 aromatic rings. The Balaban J connectivity index is 1.56. The van der Waals surface area contributed by atoms with Crippen LogP contribution in [0.4, 0.5) is 18.0 Å². The second-order valence-corrected chi connectivity index (χ2v) is 9.21. The maximum Gasteiger partial charge on any atom is 0.416 e. The fourth-order valence-electron chi connectivity index (χ4n) is 5.34. The number of nitrogens with zero attached hydrogens (tertiary/aromatic N) is 3. The summed E-state index contributed by atoms with van der Waals surface area (Å²) in [6.45, 7) is 3.09. The van der Waals surface area contributed by atoms with Crippen molar-refractivity contribution in [2.24, 2.45) is 0 Å². The van der Waals surface area contributed by atoms with Crippen LogP contribution in [0, 0.1) is 0 Å². The molecule has 0 bridgehead atoms. The Bertz CT molecular complexity index is 841. The summed E-state index contributed by atoms with van der Waals surface area (Å²) in [5.41, 5.74) is -1.49. The standard InChI is InChI=1S/C23H30F3N3O3/c24-23(25,26)18-8-6-17(7-9-18)16-22(10-2-13-29(22)21(31)32)20(30)28-12-3-11-27(14-15-28)19-4-1-5-19/h6-9,19H,1-5,10-16H2,(H,31,32)/t22-/m0/s1. The minimum atomic E-state index is -4.44. The Hall–Kier alpha value is -2.29. The van der Waals surface area contributed by atoms with Crippen LogP contribution in [-0.2, 0) is 17.4 Å². The maximum absolute atomic E-state index is 13.8. The van der Waals surface area contributed by atoms with Gasteiger partial charge in [-0.2, -0.15) is 13.2 Å². The van der Waals surface area contributed by atoms with Gasteiger partial charge in [0.2, 0.25) is 5.91 Å². The van der Waals surface area contributed by atoms with Gasteiger partial charge in [0.25, 0.3) is 0 Å². The molecule has 9 heteroatoms. The van der Waals surface area contributed by atoms with Gasteiger partial charge in [0.1, 0.15) is 5.54 Å². The lowest BCUT2D eigenvalue weighted by Crippen LogP contribution is -2.60. The molecule has 3 fully saturated rings. The SMILES string of the molecule is O=C(O)N1CCC[C@]1(Cc1ccc(C(F)(F)F)cc1)C(=O)N1CCCN(C2CCC2)CC1. The van der Waals surface area contributed by atoms with Crippen LogP contribution < -0.4 is 0 Å². The number of benzene rings is 1. The summed E-state index contributed by atoms with van der Waals surface area (Å²) in [6.07, 6.45) is -0.114. The number of likely N-dealkylation sites (tertiary alicyclic amines) is 1. The van der Waals surface area contributed by atoms with Crippen molar-refractivity contribution in [1.82, 2.24) is 14.7 Å². The summed E-state index contributed by atoms with van der Waals surface area (Å²) in [4.78, 5) is 31.3. The van der Waals surface area contributed by atoms with Gasteiger partial charge in [-0.05, 0) is 49.8 Å². The van der Waals surface area contributed by atoms with Crippen LogP contribution in [-0.4, -0.2) is 76.1 Å². The predicted octanol–water partition coefficient (Wildman–Crippen LogP) is 3.85. The minimum absolute atomic E-state index is 0.0825. The van der Waals surface area contributed by atoms with Crippen molar-refractivity contribution in [1.29, 1.82) is 0 Å². The number of amides is 2. The van der Waals surface area contributed by atoms with Crippen molar-refractivity contribution in [3.63, 3.8) is 0 Å². The van der Waals surface area contributed by atoms with Crippen molar-refractivity contribution in [2.75, 3.05) is 32.7 Å². The molecule has 6 nitrogen and oxygen atoms in total. The molecule has 1 atom stereocenters. The third-order valence-corrected chi connectivity index (χ3v) is 7.30. The number of halogens is 3. The van der Waals surface area contributed by atoms with E-state index in [-0.39, 0.29) is 18.9 Å².